The van der Waals surface area contributed by atoms with Crippen LogP contribution >= 0.6 is 22.9 Å². The predicted molar refractivity (Wildman–Crippen MR) is 66.8 cm³/mol. The number of hydrogen-bond donors (Lipinski definition) is 1. The van der Waals surface area contributed by atoms with Gasteiger partial charge in [-0.1, -0.05) is 11.6 Å². The summed E-state index contributed by atoms with van der Waals surface area (Å²) in [6, 6.07) is 4.31. The third-order valence-electron chi connectivity index (χ3n) is 2.41. The summed E-state index contributed by atoms with van der Waals surface area (Å²) in [6.45, 7) is 7.08. The van der Waals surface area contributed by atoms with Crippen LogP contribution in [0.4, 0.5) is 0 Å². The molecule has 0 amide bonds. The summed E-state index contributed by atoms with van der Waals surface area (Å²) in [5.74, 6) is 0. The highest BCUT2D eigenvalue weighted by Gasteiger charge is 2.18. The van der Waals surface area contributed by atoms with E-state index in [0.29, 0.717) is 6.04 Å². The van der Waals surface area contributed by atoms with Crippen molar-refractivity contribution in [1.82, 2.24) is 5.32 Å². The summed E-state index contributed by atoms with van der Waals surface area (Å²) in [6.07, 6.45) is 0. The van der Waals surface area contributed by atoms with Crippen molar-refractivity contribution in [2.24, 2.45) is 0 Å². The number of nitrogens with one attached hydrogen (secondary N) is 1. The lowest BCUT2D eigenvalue weighted by molar-refractivity contribution is 0.0215. The van der Waals surface area contributed by atoms with Gasteiger partial charge in [-0.25, -0.2) is 0 Å². The zero-order valence-corrected chi connectivity index (χ0v) is 11.2. The molecule has 0 aliphatic rings. The van der Waals surface area contributed by atoms with Gasteiger partial charge in [0.1, 0.15) is 0 Å². The second-order valence-corrected chi connectivity index (χ2v) is 5.95. The summed E-state index contributed by atoms with van der Waals surface area (Å²) in [7, 11) is 1.73. The van der Waals surface area contributed by atoms with Gasteiger partial charge in [0, 0.05) is 24.6 Å². The van der Waals surface area contributed by atoms with Crippen LogP contribution in [-0.4, -0.2) is 19.3 Å². The van der Waals surface area contributed by atoms with Crippen LogP contribution in [0.15, 0.2) is 12.1 Å². The molecule has 1 atom stereocenters. The topological polar surface area (TPSA) is 21.3 Å². The standard InChI is InChI=1S/C11H18ClNOS/c1-8(9-5-6-10(12)15-9)13-7-11(2,3)14-4/h5-6,8,13H,7H2,1-4H3. The summed E-state index contributed by atoms with van der Waals surface area (Å²) < 4.78 is 6.18. The van der Waals surface area contributed by atoms with Gasteiger partial charge in [-0.3, -0.25) is 0 Å². The van der Waals surface area contributed by atoms with E-state index in [1.165, 1.54) is 4.88 Å². The van der Waals surface area contributed by atoms with Crippen LogP contribution in [0.3, 0.4) is 0 Å². The molecule has 1 aromatic rings. The molecule has 0 saturated heterocycles. The smallest absolute Gasteiger partial charge is 0.0931 e. The summed E-state index contributed by atoms with van der Waals surface area (Å²) >= 11 is 7.50. The molecule has 0 aromatic carbocycles. The van der Waals surface area contributed by atoms with Crippen molar-refractivity contribution >= 4 is 22.9 Å². The van der Waals surface area contributed by atoms with E-state index < -0.39 is 0 Å². The van der Waals surface area contributed by atoms with Crippen molar-refractivity contribution in [3.05, 3.63) is 21.3 Å². The molecule has 0 bridgehead atoms. The van der Waals surface area contributed by atoms with Gasteiger partial charge in [0.2, 0.25) is 0 Å². The van der Waals surface area contributed by atoms with Crippen LogP contribution in [0.1, 0.15) is 31.7 Å². The molecule has 0 radical (unpaired) electrons. The van der Waals surface area contributed by atoms with Gasteiger partial charge in [-0.2, -0.15) is 0 Å². The lowest BCUT2D eigenvalue weighted by atomic mass is 10.1. The third kappa shape index (κ3) is 4.11. The maximum absolute atomic E-state index is 5.89. The molecule has 1 rings (SSSR count). The van der Waals surface area contributed by atoms with Crippen molar-refractivity contribution in [2.45, 2.75) is 32.4 Å². The monoisotopic (exact) mass is 247 g/mol. The molecule has 0 aliphatic carbocycles. The fourth-order valence-corrected chi connectivity index (χ4v) is 2.22. The van der Waals surface area contributed by atoms with Gasteiger partial charge in [-0.15, -0.1) is 11.3 Å². The first-order valence-electron chi connectivity index (χ1n) is 4.98. The van der Waals surface area contributed by atoms with Crippen LogP contribution in [-0.2, 0) is 4.74 Å². The molecule has 0 aliphatic heterocycles. The van der Waals surface area contributed by atoms with Crippen molar-refractivity contribution in [3.8, 4) is 0 Å². The molecule has 86 valence electrons. The first-order chi connectivity index (χ1) is 6.94. The van der Waals surface area contributed by atoms with Gasteiger partial charge < -0.3 is 10.1 Å². The largest absolute Gasteiger partial charge is 0.377 e. The van der Waals surface area contributed by atoms with Crippen LogP contribution in [0.5, 0.6) is 0 Å². The Morgan fingerprint density at radius 3 is 2.67 bits per heavy atom. The maximum atomic E-state index is 5.89. The molecular weight excluding hydrogens is 230 g/mol. The van der Waals surface area contributed by atoms with E-state index in [1.807, 2.05) is 6.07 Å². The van der Waals surface area contributed by atoms with Gasteiger partial charge >= 0.3 is 0 Å². The van der Waals surface area contributed by atoms with E-state index in [4.69, 9.17) is 16.3 Å². The van der Waals surface area contributed by atoms with E-state index in [-0.39, 0.29) is 5.60 Å². The summed E-state index contributed by atoms with van der Waals surface area (Å²) in [4.78, 5) is 1.26. The van der Waals surface area contributed by atoms with Gasteiger partial charge in [0.05, 0.1) is 9.94 Å². The second-order valence-electron chi connectivity index (χ2n) is 4.21. The van der Waals surface area contributed by atoms with Crippen molar-refractivity contribution in [2.75, 3.05) is 13.7 Å². The highest BCUT2D eigenvalue weighted by Crippen LogP contribution is 2.26. The number of rotatable bonds is 5. The number of thiophene rings is 1. The molecule has 1 N–H and O–H groups in total. The molecule has 4 heteroatoms. The molecule has 1 unspecified atom stereocenters. The quantitative estimate of drug-likeness (QED) is 0.860. The molecule has 1 heterocycles. The number of halogens is 1. The SMILES string of the molecule is COC(C)(C)CNC(C)c1ccc(Cl)s1. The fraction of sp³-hybridized carbons (Fsp3) is 0.636. The van der Waals surface area contributed by atoms with E-state index >= 15 is 0 Å². The van der Waals surface area contributed by atoms with E-state index in [2.05, 4.69) is 32.2 Å². The molecule has 1 aromatic heterocycles. The molecule has 2 nitrogen and oxygen atoms in total. The molecule has 0 spiro atoms. The number of methoxy groups -OCH3 is 1. The minimum Gasteiger partial charge on any atom is -0.377 e. The Bertz CT molecular complexity index is 311. The van der Waals surface area contributed by atoms with Crippen LogP contribution in [0, 0.1) is 0 Å². The normalized spacial score (nSPS) is 14.2. The first kappa shape index (κ1) is 13.0. The first-order valence-corrected chi connectivity index (χ1v) is 6.18. The van der Waals surface area contributed by atoms with Crippen LogP contribution in [0.25, 0.3) is 0 Å². The van der Waals surface area contributed by atoms with E-state index in [0.717, 1.165) is 10.9 Å². The molecular formula is C11H18ClNOS. The number of hydrogen-bond acceptors (Lipinski definition) is 3. The van der Waals surface area contributed by atoms with Crippen molar-refractivity contribution < 1.29 is 4.74 Å². The van der Waals surface area contributed by atoms with Crippen molar-refractivity contribution in [3.63, 3.8) is 0 Å². The Labute approximate surface area is 101 Å². The average molecular weight is 248 g/mol. The highest BCUT2D eigenvalue weighted by atomic mass is 35.5. The Balaban J connectivity index is 2.46. The number of ether oxygens (including phenoxy) is 1. The molecule has 0 saturated carbocycles. The predicted octanol–water partition coefficient (Wildman–Crippen LogP) is 3.48. The minimum atomic E-state index is -0.130. The summed E-state index contributed by atoms with van der Waals surface area (Å²) in [5, 5.41) is 3.43. The Kier molecular flexibility index (Phi) is 4.59. The highest BCUT2D eigenvalue weighted by molar-refractivity contribution is 7.16. The Hall–Kier alpha value is -0.0900. The molecule has 0 fully saturated rings. The van der Waals surface area contributed by atoms with E-state index in [1.54, 1.807) is 18.4 Å². The van der Waals surface area contributed by atoms with Gasteiger partial charge in [0.15, 0.2) is 0 Å². The Morgan fingerprint density at radius 1 is 1.53 bits per heavy atom. The van der Waals surface area contributed by atoms with Crippen molar-refractivity contribution in [1.29, 1.82) is 0 Å². The maximum Gasteiger partial charge on any atom is 0.0931 e. The van der Waals surface area contributed by atoms with E-state index in [9.17, 15) is 0 Å². The zero-order valence-electron chi connectivity index (χ0n) is 9.63. The lowest BCUT2D eigenvalue weighted by Gasteiger charge is -2.25. The molecule has 15 heavy (non-hydrogen) atoms. The average Bonchev–Trinajstić information content (AvgIpc) is 2.61. The Morgan fingerprint density at radius 2 is 2.20 bits per heavy atom. The van der Waals surface area contributed by atoms with Gasteiger partial charge in [0.25, 0.3) is 0 Å². The van der Waals surface area contributed by atoms with Crippen LogP contribution in [0.2, 0.25) is 4.34 Å². The van der Waals surface area contributed by atoms with Crippen LogP contribution < -0.4 is 5.32 Å². The minimum absolute atomic E-state index is 0.130. The fourth-order valence-electron chi connectivity index (χ4n) is 1.13. The summed E-state index contributed by atoms with van der Waals surface area (Å²) in [5.41, 5.74) is -0.130. The zero-order chi connectivity index (χ0) is 11.5. The lowest BCUT2D eigenvalue weighted by Crippen LogP contribution is -2.37. The third-order valence-corrected chi connectivity index (χ3v) is 3.82. The second kappa shape index (κ2) is 5.30. The van der Waals surface area contributed by atoms with Gasteiger partial charge in [-0.05, 0) is 32.9 Å².